The number of amides is 1. The second-order valence-corrected chi connectivity index (χ2v) is 22.8. The Morgan fingerprint density at radius 3 is 1.05 bits per heavy atom. The number of rotatable bonds is 62. The van der Waals surface area contributed by atoms with Crippen molar-refractivity contribution < 1.29 is 24.5 Å². The zero-order chi connectivity index (χ0) is 53.6. The fourth-order valence-corrected chi connectivity index (χ4v) is 10.3. The summed E-state index contributed by atoms with van der Waals surface area (Å²) in [7, 11) is 0. The van der Waals surface area contributed by atoms with Crippen LogP contribution in [0.5, 0.6) is 0 Å². The molecule has 0 aromatic carbocycles. The van der Waals surface area contributed by atoms with Crippen molar-refractivity contribution in [2.75, 3.05) is 13.2 Å². The molecule has 0 aliphatic carbocycles. The van der Waals surface area contributed by atoms with Crippen molar-refractivity contribution in [2.24, 2.45) is 0 Å². The van der Waals surface area contributed by atoms with E-state index >= 15 is 0 Å². The monoisotopic (exact) mass is 1040 g/mol. The summed E-state index contributed by atoms with van der Waals surface area (Å²) in [5.74, 6) is -0.0574. The Morgan fingerprint density at radius 1 is 0.378 bits per heavy atom. The smallest absolute Gasteiger partial charge is 0.305 e. The molecule has 1 amide bonds. The number of carbonyl (C=O) groups excluding carboxylic acids is 2. The van der Waals surface area contributed by atoms with Crippen LogP contribution in [0.4, 0.5) is 0 Å². The van der Waals surface area contributed by atoms with Crippen molar-refractivity contribution in [3.05, 3.63) is 36.5 Å². The Balaban J connectivity index is 3.38. The van der Waals surface area contributed by atoms with Crippen LogP contribution < -0.4 is 5.32 Å². The van der Waals surface area contributed by atoms with Gasteiger partial charge in [-0.3, -0.25) is 9.59 Å². The highest BCUT2D eigenvalue weighted by molar-refractivity contribution is 5.76. The van der Waals surface area contributed by atoms with Gasteiger partial charge in [0.1, 0.15) is 0 Å². The van der Waals surface area contributed by atoms with E-state index in [1.165, 1.54) is 283 Å². The third-order valence-electron chi connectivity index (χ3n) is 15.4. The lowest BCUT2D eigenvalue weighted by atomic mass is 10.0. The molecule has 0 fully saturated rings. The summed E-state index contributed by atoms with van der Waals surface area (Å²) in [5.41, 5.74) is 0. The van der Waals surface area contributed by atoms with E-state index in [1.807, 2.05) is 6.08 Å². The largest absolute Gasteiger partial charge is 0.466 e. The first-order chi connectivity index (χ1) is 36.5. The summed E-state index contributed by atoms with van der Waals surface area (Å²) in [6.45, 7) is 4.90. The van der Waals surface area contributed by atoms with Gasteiger partial charge in [0.15, 0.2) is 0 Å². The predicted molar refractivity (Wildman–Crippen MR) is 324 cm³/mol. The van der Waals surface area contributed by atoms with Crippen LogP contribution in [-0.2, 0) is 14.3 Å². The Kier molecular flexibility index (Phi) is 62.0. The lowest BCUT2D eigenvalue weighted by molar-refractivity contribution is -0.143. The van der Waals surface area contributed by atoms with E-state index in [0.29, 0.717) is 19.4 Å². The first-order valence-electron chi connectivity index (χ1n) is 33.3. The van der Waals surface area contributed by atoms with Gasteiger partial charge in [0.2, 0.25) is 5.91 Å². The van der Waals surface area contributed by atoms with Gasteiger partial charge >= 0.3 is 5.97 Å². The topological polar surface area (TPSA) is 95.9 Å². The van der Waals surface area contributed by atoms with Gasteiger partial charge in [-0.1, -0.05) is 320 Å². The van der Waals surface area contributed by atoms with Gasteiger partial charge in [-0.05, 0) is 64.2 Å². The zero-order valence-corrected chi connectivity index (χ0v) is 49.8. The van der Waals surface area contributed by atoms with Crippen molar-refractivity contribution >= 4 is 11.9 Å². The third kappa shape index (κ3) is 59.3. The molecule has 0 aromatic heterocycles. The van der Waals surface area contributed by atoms with Crippen LogP contribution in [0, 0.1) is 0 Å². The number of unbranched alkanes of at least 4 members (excludes halogenated alkanes) is 47. The van der Waals surface area contributed by atoms with E-state index in [4.69, 9.17) is 4.74 Å². The predicted octanol–water partition coefficient (Wildman–Crippen LogP) is 21.1. The molecular formula is C68H129NO5. The number of allylic oxidation sites excluding steroid dienone is 5. The minimum atomic E-state index is -0.844. The molecule has 0 radical (unpaired) electrons. The minimum absolute atomic E-state index is 0.00747. The molecule has 0 bridgehead atoms. The van der Waals surface area contributed by atoms with Crippen LogP contribution >= 0.6 is 0 Å². The van der Waals surface area contributed by atoms with Crippen LogP contribution in [0.15, 0.2) is 36.5 Å². The number of ether oxygens (including phenoxy) is 1. The number of nitrogens with one attached hydrogen (secondary N) is 1. The van der Waals surface area contributed by atoms with Gasteiger partial charge in [-0.25, -0.2) is 0 Å². The molecule has 2 atom stereocenters. The second kappa shape index (κ2) is 63.6. The third-order valence-corrected chi connectivity index (χ3v) is 15.4. The standard InChI is InChI=1S/C68H129NO5/c1-3-5-7-9-11-13-15-17-19-29-34-38-42-46-50-54-58-62-68(73)74-63-59-55-51-47-43-39-35-31-28-26-24-22-21-23-25-27-30-33-37-41-45-49-53-57-61-67(72)69-65(64-70)66(71)60-56-52-48-44-40-36-32-20-18-16-14-12-10-8-6-4-2/h11,13,17,19,56,60,65-66,70-71H,3-10,12,14-16,18,20-55,57-59,61-64H2,1-2H3,(H,69,72)/b13-11-,19-17-,60-56+. The molecule has 0 saturated carbocycles. The number of hydrogen-bond acceptors (Lipinski definition) is 5. The van der Waals surface area contributed by atoms with Crippen LogP contribution in [0.3, 0.4) is 0 Å². The lowest BCUT2D eigenvalue weighted by Gasteiger charge is -2.20. The van der Waals surface area contributed by atoms with Gasteiger partial charge in [0.05, 0.1) is 25.4 Å². The Hall–Kier alpha value is -1.92. The SMILES string of the molecule is CCCCC/C=C\C/C=C\CCCCCCCCCC(=O)OCCCCCCCCCCCCCCCCCCCCCCCCCCC(=O)NC(CO)C(O)/C=C/CCCCCCCCCCCCCCCC. The fraction of sp³-hybridized carbons (Fsp3) is 0.882. The van der Waals surface area contributed by atoms with E-state index < -0.39 is 12.1 Å². The van der Waals surface area contributed by atoms with Crippen molar-refractivity contribution in [3.8, 4) is 0 Å². The molecular weight excluding hydrogens is 911 g/mol. The van der Waals surface area contributed by atoms with Crippen molar-refractivity contribution in [3.63, 3.8) is 0 Å². The van der Waals surface area contributed by atoms with Crippen LogP contribution in [0.1, 0.15) is 361 Å². The number of hydrogen-bond donors (Lipinski definition) is 3. The molecule has 0 aliphatic heterocycles. The average molecular weight is 1040 g/mol. The Labute approximate surface area is 462 Å². The molecule has 2 unspecified atom stereocenters. The van der Waals surface area contributed by atoms with E-state index in [2.05, 4.69) is 43.5 Å². The molecule has 436 valence electrons. The average Bonchev–Trinajstić information content (AvgIpc) is 3.40. The summed E-state index contributed by atoms with van der Waals surface area (Å²) in [5, 5.41) is 23.2. The summed E-state index contributed by atoms with van der Waals surface area (Å²) in [6.07, 6.45) is 80.6. The van der Waals surface area contributed by atoms with E-state index in [9.17, 15) is 19.8 Å². The molecule has 0 aromatic rings. The van der Waals surface area contributed by atoms with Crippen molar-refractivity contribution in [1.82, 2.24) is 5.32 Å². The Morgan fingerprint density at radius 2 is 0.676 bits per heavy atom. The number of aliphatic hydroxyl groups excluding tert-OH is 2. The van der Waals surface area contributed by atoms with E-state index in [-0.39, 0.29) is 18.5 Å². The maximum Gasteiger partial charge on any atom is 0.305 e. The summed E-state index contributed by atoms with van der Waals surface area (Å²) in [4.78, 5) is 24.6. The number of aliphatic hydroxyl groups is 2. The first-order valence-corrected chi connectivity index (χ1v) is 33.3. The molecule has 74 heavy (non-hydrogen) atoms. The maximum absolute atomic E-state index is 12.5. The van der Waals surface area contributed by atoms with Crippen molar-refractivity contribution in [2.45, 2.75) is 373 Å². The highest BCUT2D eigenvalue weighted by Gasteiger charge is 2.18. The van der Waals surface area contributed by atoms with Gasteiger partial charge < -0.3 is 20.3 Å². The molecule has 0 spiro atoms. The summed E-state index contributed by atoms with van der Waals surface area (Å²) in [6, 6.07) is -0.627. The highest BCUT2D eigenvalue weighted by Crippen LogP contribution is 2.18. The van der Waals surface area contributed by atoms with Gasteiger partial charge in [-0.15, -0.1) is 0 Å². The van der Waals surface area contributed by atoms with Crippen LogP contribution in [-0.4, -0.2) is 47.4 Å². The molecule has 6 nitrogen and oxygen atoms in total. The molecule has 0 saturated heterocycles. The molecule has 3 N–H and O–H groups in total. The van der Waals surface area contributed by atoms with Gasteiger partial charge in [-0.2, -0.15) is 0 Å². The van der Waals surface area contributed by atoms with Crippen LogP contribution in [0.25, 0.3) is 0 Å². The number of carbonyl (C=O) groups is 2. The van der Waals surface area contributed by atoms with Crippen LogP contribution in [0.2, 0.25) is 0 Å². The van der Waals surface area contributed by atoms with Gasteiger partial charge in [0.25, 0.3) is 0 Å². The van der Waals surface area contributed by atoms with E-state index in [0.717, 1.165) is 51.4 Å². The highest BCUT2D eigenvalue weighted by atomic mass is 16.5. The number of esters is 1. The Bertz CT molecular complexity index is 1200. The summed E-state index contributed by atoms with van der Waals surface area (Å²) >= 11 is 0. The quantitative estimate of drug-likeness (QED) is 0.0320. The first kappa shape index (κ1) is 72.1. The molecule has 0 heterocycles. The molecule has 0 aliphatic rings. The minimum Gasteiger partial charge on any atom is -0.466 e. The van der Waals surface area contributed by atoms with Crippen molar-refractivity contribution in [1.29, 1.82) is 0 Å². The normalized spacial score (nSPS) is 12.8. The lowest BCUT2D eigenvalue weighted by Crippen LogP contribution is -2.45. The fourth-order valence-electron chi connectivity index (χ4n) is 10.3. The maximum atomic E-state index is 12.5. The van der Waals surface area contributed by atoms with E-state index in [1.54, 1.807) is 6.08 Å². The molecule has 6 heteroatoms. The van der Waals surface area contributed by atoms with Gasteiger partial charge in [0, 0.05) is 12.8 Å². The second-order valence-electron chi connectivity index (χ2n) is 22.8. The zero-order valence-electron chi connectivity index (χ0n) is 49.8. The molecule has 0 rings (SSSR count). The summed E-state index contributed by atoms with van der Waals surface area (Å²) < 4.78 is 5.49.